The van der Waals surface area contributed by atoms with E-state index in [1.54, 1.807) is 54.7 Å². The molecule has 2 heterocycles. The number of amides is 8. The number of unbranched alkanes of at least 4 members (excludes halogenated alkanes) is 1. The van der Waals surface area contributed by atoms with Gasteiger partial charge in [-0.3, -0.25) is 43.3 Å². The topological polar surface area (TPSA) is 348 Å². The molecule has 81 heavy (non-hydrogen) atoms. The Labute approximate surface area is 484 Å². The van der Waals surface area contributed by atoms with Crippen molar-refractivity contribution in [3.05, 3.63) is 149 Å². The highest BCUT2D eigenvalue weighted by Crippen LogP contribution is 2.21. The monoisotopic (exact) mass is 1160 g/mol. The summed E-state index contributed by atoms with van der Waals surface area (Å²) in [5, 5.41) is 32.5. The number of hydrogen-bond acceptors (Lipinski definition) is 14. The molecule has 2 aromatic heterocycles. The fourth-order valence-corrected chi connectivity index (χ4v) is 9.54. The Bertz CT molecular complexity index is 3140. The summed E-state index contributed by atoms with van der Waals surface area (Å²) in [6.07, 6.45) is 2.24. The molecule has 0 aliphatic heterocycles. The minimum atomic E-state index is -1.69. The second-order valence-corrected chi connectivity index (χ2v) is 20.7. The Balaban J connectivity index is 1.19. The van der Waals surface area contributed by atoms with Gasteiger partial charge in [0.15, 0.2) is 0 Å². The highest BCUT2D eigenvalue weighted by molar-refractivity contribution is 7.80. The first-order valence-electron chi connectivity index (χ1n) is 26.3. The SMILES string of the molecule is C[C@@H](O)[C@H](NC(=O)[C@H](CCCCN)NC(=O)[C@@H](Cc1c[nH]c2ccccc12)NC(=O)[C@H](Cc1ccccn1)NC(=O)[C@@H](CS)NC(=O)[C@@H](N)Cc1ccc(Cl)cc1)C(=O)N[C@@H](CS)C(=O)N[C@@H](Cc1ccc2ccccc2c1)C(N)=O. The maximum Gasteiger partial charge on any atom is 0.245 e. The lowest BCUT2D eigenvalue weighted by Crippen LogP contribution is -2.62. The summed E-state index contributed by atoms with van der Waals surface area (Å²) in [7, 11) is 0. The summed E-state index contributed by atoms with van der Waals surface area (Å²) < 4.78 is 0. The molecule has 0 aliphatic carbocycles. The summed E-state index contributed by atoms with van der Waals surface area (Å²) in [6, 6.07) is 21.4. The van der Waals surface area contributed by atoms with Crippen molar-refractivity contribution in [1.82, 2.24) is 47.2 Å². The summed E-state index contributed by atoms with van der Waals surface area (Å²) in [5.41, 5.74) is 21.0. The third-order valence-corrected chi connectivity index (χ3v) is 14.4. The summed E-state index contributed by atoms with van der Waals surface area (Å²) >= 11 is 14.6. The van der Waals surface area contributed by atoms with Crippen LogP contribution in [0.1, 0.15) is 48.6 Å². The fraction of sp³-hybridized carbons (Fsp3) is 0.351. The van der Waals surface area contributed by atoms with Crippen LogP contribution < -0.4 is 54.4 Å². The second kappa shape index (κ2) is 30.9. The van der Waals surface area contributed by atoms with E-state index in [1.165, 1.54) is 13.1 Å². The number of halogens is 1. The van der Waals surface area contributed by atoms with Gasteiger partial charge in [0.1, 0.15) is 42.3 Å². The molecule has 21 nitrogen and oxygen atoms in total. The van der Waals surface area contributed by atoms with Crippen LogP contribution in [0.2, 0.25) is 5.02 Å². The number of nitrogens with two attached hydrogens (primary N) is 3. The Morgan fingerprint density at radius 1 is 0.593 bits per heavy atom. The standard InChI is InChI=1S/C57H69ClN12O9S2/c1-32(71)49(57(79)69-48(31-81)55(77)65-44(50(61)72)26-34-16-19-35-10-2-3-11-36(35)24-34)70-52(74)43(15-6-8-22-59)64-53(75)45(27-37-29-63-42-14-5-4-13-40(37)42)66-54(76)46(28-39-12-7-9-23-62-39)67-56(78)47(30-80)68-51(73)41(60)25-33-17-20-38(58)21-18-33/h2-5,7,9-14,16-21,23-24,29,32,41,43-49,63,71,80-81H,6,8,15,22,25-28,30-31,59-60H2,1H3,(H2,61,72)(H,64,75)(H,65,77)(H,66,76)(H,67,78)(H,68,73)(H,69,79)(H,70,74)/t32-,41+,43+,44+,45-,46+,47-,48+,49+/m1/s1. The summed E-state index contributed by atoms with van der Waals surface area (Å²) in [6.45, 7) is 1.48. The molecule has 9 atom stereocenters. The number of thiol groups is 2. The van der Waals surface area contributed by atoms with Gasteiger partial charge in [0, 0.05) is 64.8 Å². The van der Waals surface area contributed by atoms with Gasteiger partial charge in [0.2, 0.25) is 47.3 Å². The lowest BCUT2D eigenvalue weighted by Gasteiger charge is -2.28. The van der Waals surface area contributed by atoms with E-state index < -0.39 is 102 Å². The molecule has 0 bridgehead atoms. The van der Waals surface area contributed by atoms with Crippen molar-refractivity contribution in [2.75, 3.05) is 18.1 Å². The molecule has 0 aliphatic rings. The summed E-state index contributed by atoms with van der Waals surface area (Å²) in [4.78, 5) is 119. The number of nitrogens with zero attached hydrogens (tertiary/aromatic N) is 1. The van der Waals surface area contributed by atoms with Crippen molar-refractivity contribution in [3.63, 3.8) is 0 Å². The number of carbonyl (C=O) groups is 8. The van der Waals surface area contributed by atoms with Crippen molar-refractivity contribution in [3.8, 4) is 0 Å². The average Bonchev–Trinajstić information content (AvgIpc) is 3.87. The number of carbonyl (C=O) groups excluding carboxylic acids is 8. The molecular weight excluding hydrogens is 1100 g/mol. The Kier molecular flexibility index (Phi) is 23.9. The molecule has 430 valence electrons. The third kappa shape index (κ3) is 18.5. The minimum absolute atomic E-state index is 0.0113. The molecule has 0 saturated carbocycles. The molecule has 0 fully saturated rings. The molecule has 6 rings (SSSR count). The molecule has 4 aromatic carbocycles. The highest BCUT2D eigenvalue weighted by Gasteiger charge is 2.36. The van der Waals surface area contributed by atoms with Gasteiger partial charge < -0.3 is 64.5 Å². The van der Waals surface area contributed by atoms with Gasteiger partial charge in [0.05, 0.1) is 12.1 Å². The zero-order valence-corrected chi connectivity index (χ0v) is 47.0. The first-order chi connectivity index (χ1) is 38.9. The molecule has 6 aromatic rings. The Morgan fingerprint density at radius 3 is 1.78 bits per heavy atom. The van der Waals surface area contributed by atoms with Gasteiger partial charge in [-0.15, -0.1) is 0 Å². The van der Waals surface area contributed by atoms with Crippen LogP contribution >= 0.6 is 36.9 Å². The fourth-order valence-electron chi connectivity index (χ4n) is 8.90. The van der Waals surface area contributed by atoms with Crippen LogP contribution in [-0.2, 0) is 64.0 Å². The molecule has 24 heteroatoms. The maximum absolute atomic E-state index is 14.8. The maximum atomic E-state index is 14.8. The number of nitrogens with one attached hydrogen (secondary N) is 8. The Morgan fingerprint density at radius 2 is 1.15 bits per heavy atom. The molecule has 0 unspecified atom stereocenters. The lowest BCUT2D eigenvalue weighted by molar-refractivity contribution is -0.136. The Hall–Kier alpha value is -7.54. The van der Waals surface area contributed by atoms with Gasteiger partial charge in [-0.2, -0.15) is 25.3 Å². The average molecular weight is 1170 g/mol. The van der Waals surface area contributed by atoms with Gasteiger partial charge >= 0.3 is 0 Å². The van der Waals surface area contributed by atoms with Crippen LogP contribution in [-0.4, -0.2) is 135 Å². The van der Waals surface area contributed by atoms with Crippen molar-refractivity contribution in [2.24, 2.45) is 17.2 Å². The predicted molar refractivity (Wildman–Crippen MR) is 316 cm³/mol. The normalized spacial score (nSPS) is 14.6. The predicted octanol–water partition coefficient (Wildman–Crippen LogP) is 1.22. The molecule has 0 spiro atoms. The van der Waals surface area contributed by atoms with Crippen molar-refractivity contribution in [2.45, 2.75) is 106 Å². The molecule has 15 N–H and O–H groups in total. The van der Waals surface area contributed by atoms with E-state index in [0.717, 1.165) is 27.2 Å². The van der Waals surface area contributed by atoms with Crippen molar-refractivity contribution >= 4 is 106 Å². The van der Waals surface area contributed by atoms with E-state index in [-0.39, 0.29) is 50.2 Å². The van der Waals surface area contributed by atoms with Gasteiger partial charge in [-0.25, -0.2) is 0 Å². The number of hydrogen-bond donors (Lipinski definition) is 14. The quantitative estimate of drug-likeness (QED) is 0.0224. The number of rotatable bonds is 30. The van der Waals surface area contributed by atoms with E-state index in [2.05, 4.69) is 72.4 Å². The van der Waals surface area contributed by atoms with E-state index in [4.69, 9.17) is 28.8 Å². The van der Waals surface area contributed by atoms with E-state index in [1.807, 2.05) is 60.7 Å². The van der Waals surface area contributed by atoms with E-state index in [9.17, 15) is 43.5 Å². The van der Waals surface area contributed by atoms with Gasteiger partial charge in [0.25, 0.3) is 0 Å². The van der Waals surface area contributed by atoms with Crippen LogP contribution in [0.25, 0.3) is 21.7 Å². The van der Waals surface area contributed by atoms with Crippen LogP contribution in [0.3, 0.4) is 0 Å². The van der Waals surface area contributed by atoms with Crippen LogP contribution in [0.5, 0.6) is 0 Å². The van der Waals surface area contributed by atoms with E-state index in [0.29, 0.717) is 34.7 Å². The zero-order chi connectivity index (χ0) is 58.6. The van der Waals surface area contributed by atoms with Crippen molar-refractivity contribution in [1.29, 1.82) is 0 Å². The number of primary amides is 1. The number of aliphatic hydroxyl groups is 1. The smallest absolute Gasteiger partial charge is 0.245 e. The number of aromatic nitrogens is 2. The van der Waals surface area contributed by atoms with E-state index >= 15 is 0 Å². The third-order valence-electron chi connectivity index (χ3n) is 13.4. The highest BCUT2D eigenvalue weighted by atomic mass is 35.5. The number of benzene rings is 4. The first-order valence-corrected chi connectivity index (χ1v) is 28.0. The molecular formula is C57H69ClN12O9S2. The second-order valence-electron chi connectivity index (χ2n) is 19.6. The summed E-state index contributed by atoms with van der Waals surface area (Å²) in [5.74, 6) is -7.08. The number of H-pyrrole nitrogens is 1. The molecule has 0 saturated heterocycles. The first kappa shape index (κ1) is 62.7. The van der Waals surface area contributed by atoms with Crippen LogP contribution in [0.15, 0.2) is 122 Å². The van der Waals surface area contributed by atoms with Crippen LogP contribution in [0, 0.1) is 0 Å². The number of aliphatic hydroxyl groups excluding tert-OH is 1. The lowest BCUT2D eigenvalue weighted by atomic mass is 10.0. The van der Waals surface area contributed by atoms with Gasteiger partial charge in [-0.1, -0.05) is 90.5 Å². The number of para-hydroxylation sites is 1. The minimum Gasteiger partial charge on any atom is -0.391 e. The van der Waals surface area contributed by atoms with Crippen LogP contribution in [0.4, 0.5) is 0 Å². The number of pyridine rings is 1. The number of fused-ring (bicyclic) bond motifs is 2. The number of aromatic amines is 1. The molecule has 0 radical (unpaired) electrons. The largest absolute Gasteiger partial charge is 0.391 e. The zero-order valence-electron chi connectivity index (χ0n) is 44.5. The van der Waals surface area contributed by atoms with Gasteiger partial charge in [-0.05, 0) is 96.9 Å². The van der Waals surface area contributed by atoms with Crippen molar-refractivity contribution < 1.29 is 43.5 Å². The molecule has 8 amide bonds.